The lowest BCUT2D eigenvalue weighted by Crippen LogP contribution is -2.15. The fraction of sp³-hybridized carbons (Fsp3) is 0.625. The zero-order valence-electron chi connectivity index (χ0n) is 12.6. The van der Waals surface area contributed by atoms with Crippen LogP contribution in [0.3, 0.4) is 0 Å². The number of nitrogens with one attached hydrogen (secondary N) is 2. The van der Waals surface area contributed by atoms with Crippen LogP contribution in [0.2, 0.25) is 0 Å². The minimum absolute atomic E-state index is 0.500. The minimum atomic E-state index is 0.500. The van der Waals surface area contributed by atoms with Gasteiger partial charge in [0.1, 0.15) is 5.82 Å². The molecule has 4 nitrogen and oxygen atoms in total. The van der Waals surface area contributed by atoms with Crippen LogP contribution >= 0.6 is 0 Å². The Hall–Kier alpha value is -1.58. The van der Waals surface area contributed by atoms with Crippen LogP contribution in [-0.4, -0.2) is 21.2 Å². The molecule has 2 N–H and O–H groups in total. The average Bonchev–Trinajstić information content (AvgIpc) is 2.98. The van der Waals surface area contributed by atoms with Gasteiger partial charge in [-0.15, -0.1) is 0 Å². The minimum Gasteiger partial charge on any atom is -0.367 e. The highest BCUT2D eigenvalue weighted by Gasteiger charge is 2.15. The number of nitrogens with zero attached hydrogens (tertiary/aromatic N) is 2. The van der Waals surface area contributed by atoms with Gasteiger partial charge in [-0.2, -0.15) is 5.10 Å². The zero-order chi connectivity index (χ0) is 14.2. The molecule has 0 aliphatic heterocycles. The summed E-state index contributed by atoms with van der Waals surface area (Å²) in [5.74, 6) is 1.44. The second-order valence-electron chi connectivity index (χ2n) is 5.47. The van der Waals surface area contributed by atoms with Gasteiger partial charge < -0.3 is 5.32 Å². The molecule has 0 atom stereocenters. The third-order valence-electron chi connectivity index (χ3n) is 4.07. The van der Waals surface area contributed by atoms with Crippen molar-refractivity contribution in [2.75, 3.05) is 5.32 Å². The summed E-state index contributed by atoms with van der Waals surface area (Å²) in [4.78, 5) is 4.85. The molecule has 1 aromatic heterocycles. The van der Waals surface area contributed by atoms with E-state index >= 15 is 0 Å². The molecule has 1 aliphatic rings. The van der Waals surface area contributed by atoms with Crippen molar-refractivity contribution in [2.45, 2.75) is 64.3 Å². The molecule has 0 unspecified atom stereocenters. The molecule has 0 spiro atoms. The van der Waals surface area contributed by atoms with Gasteiger partial charge in [-0.1, -0.05) is 26.7 Å². The molecule has 0 radical (unpaired) electrons. The lowest BCUT2D eigenvalue weighted by molar-refractivity contribution is 0.623. The number of hydrogen-bond acceptors (Lipinski definition) is 3. The normalized spacial score (nSPS) is 15.3. The van der Waals surface area contributed by atoms with Crippen molar-refractivity contribution >= 4 is 5.82 Å². The van der Waals surface area contributed by atoms with Crippen LogP contribution in [0.25, 0.3) is 0 Å². The Labute approximate surface area is 121 Å². The molecule has 1 aromatic rings. The molecule has 1 aliphatic carbocycles. The van der Waals surface area contributed by atoms with Gasteiger partial charge in [0, 0.05) is 29.9 Å². The van der Waals surface area contributed by atoms with Gasteiger partial charge in [-0.3, -0.25) is 5.10 Å². The fourth-order valence-electron chi connectivity index (χ4n) is 2.82. The number of aromatic nitrogens is 3. The predicted molar refractivity (Wildman–Crippen MR) is 83.2 cm³/mol. The summed E-state index contributed by atoms with van der Waals surface area (Å²) < 4.78 is 0. The maximum atomic E-state index is 4.85. The molecule has 20 heavy (non-hydrogen) atoms. The largest absolute Gasteiger partial charge is 0.367 e. The van der Waals surface area contributed by atoms with Gasteiger partial charge in [-0.25, -0.2) is 4.98 Å². The quantitative estimate of drug-likeness (QED) is 0.846. The third-order valence-corrected chi connectivity index (χ3v) is 4.07. The molecular formula is C16H26N4. The van der Waals surface area contributed by atoms with Crippen LogP contribution in [0.1, 0.15) is 64.0 Å². The van der Waals surface area contributed by atoms with E-state index in [0.717, 1.165) is 24.4 Å². The number of H-pyrrole nitrogens is 1. The van der Waals surface area contributed by atoms with Crippen molar-refractivity contribution in [3.05, 3.63) is 30.2 Å². The maximum absolute atomic E-state index is 4.85. The van der Waals surface area contributed by atoms with Crippen LogP contribution < -0.4 is 5.32 Å². The van der Waals surface area contributed by atoms with E-state index in [-0.39, 0.29) is 0 Å². The van der Waals surface area contributed by atoms with Gasteiger partial charge in [0.25, 0.3) is 0 Å². The molecule has 110 valence electrons. The SMILES string of the molecule is CCC(CC)c1cc[nH]nccc(NC2CCCC2)n1. The van der Waals surface area contributed by atoms with E-state index in [0.29, 0.717) is 12.0 Å². The summed E-state index contributed by atoms with van der Waals surface area (Å²) in [7, 11) is 0. The third kappa shape index (κ3) is 4.22. The zero-order valence-corrected chi connectivity index (χ0v) is 12.6. The lowest BCUT2D eigenvalue weighted by atomic mass is 9.99. The Morgan fingerprint density at radius 3 is 2.70 bits per heavy atom. The van der Waals surface area contributed by atoms with Crippen molar-refractivity contribution < 1.29 is 0 Å². The van der Waals surface area contributed by atoms with Gasteiger partial charge >= 0.3 is 0 Å². The molecule has 1 fully saturated rings. The van der Waals surface area contributed by atoms with Crippen LogP contribution in [0.5, 0.6) is 0 Å². The summed E-state index contributed by atoms with van der Waals surface area (Å²) in [5, 5.41) is 10.6. The van der Waals surface area contributed by atoms with Crippen LogP contribution in [0, 0.1) is 0 Å². The van der Waals surface area contributed by atoms with E-state index in [1.54, 1.807) is 6.20 Å². The standard InChI is InChI=1S/C16H26N4/c1-3-13(4-2)15-9-11-17-18-12-10-16(20-15)19-14-7-5-6-8-14/h9-14,17,19H,3-8H2,1-2H3. The van der Waals surface area contributed by atoms with Crippen LogP contribution in [-0.2, 0) is 0 Å². The first-order valence-electron chi connectivity index (χ1n) is 7.84. The molecule has 2 rings (SSSR count). The van der Waals surface area contributed by atoms with E-state index < -0.39 is 0 Å². The molecule has 1 saturated carbocycles. The van der Waals surface area contributed by atoms with Gasteiger partial charge in [0.2, 0.25) is 0 Å². The molecular weight excluding hydrogens is 248 g/mol. The Bertz CT molecular complexity index is 444. The molecule has 0 amide bonds. The van der Waals surface area contributed by atoms with E-state index in [1.165, 1.54) is 25.7 Å². The topological polar surface area (TPSA) is 53.6 Å². The number of aromatic amines is 1. The average molecular weight is 274 g/mol. The van der Waals surface area contributed by atoms with Crippen molar-refractivity contribution in [1.29, 1.82) is 0 Å². The highest BCUT2D eigenvalue weighted by molar-refractivity contribution is 5.34. The first kappa shape index (κ1) is 14.8. The highest BCUT2D eigenvalue weighted by Crippen LogP contribution is 2.23. The summed E-state index contributed by atoms with van der Waals surface area (Å²) >= 11 is 0. The molecule has 1 heterocycles. The monoisotopic (exact) mass is 274 g/mol. The van der Waals surface area contributed by atoms with E-state index in [4.69, 9.17) is 4.98 Å². The molecule has 0 aromatic carbocycles. The van der Waals surface area contributed by atoms with Crippen molar-refractivity contribution in [3.8, 4) is 0 Å². The second kappa shape index (κ2) is 7.88. The van der Waals surface area contributed by atoms with Crippen molar-refractivity contribution in [2.24, 2.45) is 0 Å². The smallest absolute Gasteiger partial charge is 0.128 e. The first-order chi connectivity index (χ1) is 9.83. The Balaban J connectivity index is 2.29. The van der Waals surface area contributed by atoms with E-state index in [9.17, 15) is 0 Å². The number of hydrogen-bond donors (Lipinski definition) is 2. The van der Waals surface area contributed by atoms with Crippen molar-refractivity contribution in [3.63, 3.8) is 0 Å². The fourth-order valence-corrected chi connectivity index (χ4v) is 2.82. The van der Waals surface area contributed by atoms with Crippen LogP contribution in [0.15, 0.2) is 24.5 Å². The van der Waals surface area contributed by atoms with Gasteiger partial charge in [0.15, 0.2) is 0 Å². The second-order valence-corrected chi connectivity index (χ2v) is 5.47. The summed E-state index contributed by atoms with van der Waals surface area (Å²) in [6.07, 6.45) is 11.0. The Morgan fingerprint density at radius 1 is 1.25 bits per heavy atom. The molecule has 4 heteroatoms. The predicted octanol–water partition coefficient (Wildman–Crippen LogP) is 4.19. The highest BCUT2D eigenvalue weighted by atomic mass is 15.1. The molecule has 0 bridgehead atoms. The Kier molecular flexibility index (Phi) is 5.84. The van der Waals surface area contributed by atoms with E-state index in [1.807, 2.05) is 18.3 Å². The lowest BCUT2D eigenvalue weighted by Gasteiger charge is -2.14. The Morgan fingerprint density at radius 2 is 2.00 bits per heavy atom. The van der Waals surface area contributed by atoms with E-state index in [2.05, 4.69) is 29.4 Å². The summed E-state index contributed by atoms with van der Waals surface area (Å²) in [6.45, 7) is 4.43. The van der Waals surface area contributed by atoms with Crippen LogP contribution in [0.4, 0.5) is 5.82 Å². The maximum Gasteiger partial charge on any atom is 0.128 e. The molecule has 0 saturated heterocycles. The van der Waals surface area contributed by atoms with Crippen molar-refractivity contribution in [1.82, 2.24) is 15.2 Å². The van der Waals surface area contributed by atoms with Gasteiger partial charge in [-0.05, 0) is 31.7 Å². The first-order valence-corrected chi connectivity index (χ1v) is 7.84. The van der Waals surface area contributed by atoms with Gasteiger partial charge in [0.05, 0.1) is 6.20 Å². The summed E-state index contributed by atoms with van der Waals surface area (Å²) in [5.41, 5.74) is 1.13. The summed E-state index contributed by atoms with van der Waals surface area (Å²) in [6, 6.07) is 4.57. The number of rotatable bonds is 5. The number of anilines is 1.